The predicted octanol–water partition coefficient (Wildman–Crippen LogP) is 2.63. The molecule has 142 valence electrons. The first-order valence-electron chi connectivity index (χ1n) is 8.83. The lowest BCUT2D eigenvalue weighted by Gasteiger charge is -2.21. The van der Waals surface area contributed by atoms with Crippen LogP contribution >= 0.6 is 0 Å². The molecule has 26 heavy (non-hydrogen) atoms. The first kappa shape index (κ1) is 20.2. The fourth-order valence-corrected chi connectivity index (χ4v) is 2.86. The van der Waals surface area contributed by atoms with Crippen molar-refractivity contribution in [3.63, 3.8) is 0 Å². The third-order valence-corrected chi connectivity index (χ3v) is 3.98. The van der Waals surface area contributed by atoms with E-state index >= 15 is 0 Å². The quantitative estimate of drug-likeness (QED) is 0.707. The van der Waals surface area contributed by atoms with Crippen LogP contribution in [0.4, 0.5) is 0 Å². The molecule has 0 spiro atoms. The van der Waals surface area contributed by atoms with Crippen molar-refractivity contribution in [3.05, 3.63) is 59.7 Å². The van der Waals surface area contributed by atoms with E-state index in [-0.39, 0.29) is 6.61 Å². The molecule has 0 unspecified atom stereocenters. The van der Waals surface area contributed by atoms with E-state index in [1.54, 1.807) is 7.11 Å². The lowest BCUT2D eigenvalue weighted by atomic mass is 10.2. The van der Waals surface area contributed by atoms with Gasteiger partial charge in [-0.25, -0.2) is 0 Å². The smallest absolute Gasteiger partial charge is 0.161 e. The molecule has 0 amide bonds. The molecule has 0 bridgehead atoms. The van der Waals surface area contributed by atoms with Crippen LogP contribution in [0.25, 0.3) is 0 Å². The third-order valence-electron chi connectivity index (χ3n) is 3.98. The molecule has 0 aliphatic carbocycles. The second-order valence-electron chi connectivity index (χ2n) is 6.87. The number of likely N-dealkylation sites (N-methyl/N-ethyl adjacent to an activating group) is 1. The summed E-state index contributed by atoms with van der Waals surface area (Å²) in [5.41, 5.74) is 2.36. The highest BCUT2D eigenvalue weighted by Gasteiger charge is 2.12. The number of aliphatic hydroxyl groups is 1. The van der Waals surface area contributed by atoms with E-state index in [1.165, 1.54) is 5.56 Å². The van der Waals surface area contributed by atoms with Crippen LogP contribution in [0.3, 0.4) is 0 Å². The molecule has 2 aromatic carbocycles. The van der Waals surface area contributed by atoms with Crippen molar-refractivity contribution in [1.29, 1.82) is 0 Å². The van der Waals surface area contributed by atoms with Gasteiger partial charge in [-0.15, -0.1) is 0 Å². The number of benzene rings is 2. The summed E-state index contributed by atoms with van der Waals surface area (Å²) in [6, 6.07) is 16.1. The fraction of sp³-hybridized carbons (Fsp3) is 0.429. The minimum Gasteiger partial charge on any atom is -0.493 e. The van der Waals surface area contributed by atoms with Gasteiger partial charge >= 0.3 is 0 Å². The van der Waals surface area contributed by atoms with Crippen LogP contribution in [0.15, 0.2) is 48.5 Å². The number of aliphatic hydroxyl groups excluding tert-OH is 1. The summed E-state index contributed by atoms with van der Waals surface area (Å²) in [4.78, 5) is 4.18. The van der Waals surface area contributed by atoms with E-state index in [9.17, 15) is 5.11 Å². The third kappa shape index (κ3) is 6.67. The predicted molar refractivity (Wildman–Crippen MR) is 105 cm³/mol. The highest BCUT2D eigenvalue weighted by molar-refractivity contribution is 5.43. The minimum atomic E-state index is -0.578. The summed E-state index contributed by atoms with van der Waals surface area (Å²) in [6.45, 7) is 2.37. The fourth-order valence-electron chi connectivity index (χ4n) is 2.86. The van der Waals surface area contributed by atoms with Crippen LogP contribution in [0.1, 0.15) is 11.1 Å². The monoisotopic (exact) mass is 358 g/mol. The van der Waals surface area contributed by atoms with E-state index < -0.39 is 6.10 Å². The Morgan fingerprint density at radius 2 is 1.65 bits per heavy atom. The Bertz CT molecular complexity index is 662. The molecule has 0 heterocycles. The summed E-state index contributed by atoms with van der Waals surface area (Å²) in [6.07, 6.45) is -0.578. The Labute approximate surface area is 156 Å². The number of nitrogens with zero attached hydrogens (tertiary/aromatic N) is 2. The molecule has 0 aliphatic rings. The van der Waals surface area contributed by atoms with Crippen LogP contribution in [0, 0.1) is 0 Å². The molecular formula is C21H30N2O3. The zero-order chi connectivity index (χ0) is 18.9. The first-order valence-corrected chi connectivity index (χ1v) is 8.83. The minimum absolute atomic E-state index is 0.223. The molecule has 0 fully saturated rings. The first-order chi connectivity index (χ1) is 12.5. The standard InChI is InChI=1S/C21H30N2O3/c1-22(2)13-18-10-11-20(25-4)21(12-18)26-16-19(24)15-23(3)14-17-8-6-5-7-9-17/h5-12,19,24H,13-16H2,1-4H3/t19-/m0/s1. The van der Waals surface area contributed by atoms with E-state index in [4.69, 9.17) is 9.47 Å². The largest absolute Gasteiger partial charge is 0.493 e. The SMILES string of the molecule is COc1ccc(CN(C)C)cc1OC[C@@H](O)CN(C)Cc1ccccc1. The second kappa shape index (κ2) is 10.2. The molecule has 5 nitrogen and oxygen atoms in total. The molecule has 1 atom stereocenters. The van der Waals surface area contributed by atoms with E-state index in [2.05, 4.69) is 21.9 Å². The van der Waals surface area contributed by atoms with E-state index in [0.29, 0.717) is 18.0 Å². The molecule has 2 rings (SSSR count). The van der Waals surface area contributed by atoms with Gasteiger partial charge in [0.15, 0.2) is 11.5 Å². The van der Waals surface area contributed by atoms with Gasteiger partial charge in [0.2, 0.25) is 0 Å². The Balaban J connectivity index is 1.88. The maximum Gasteiger partial charge on any atom is 0.161 e. The molecule has 0 aliphatic heterocycles. The molecule has 5 heteroatoms. The summed E-state index contributed by atoms with van der Waals surface area (Å²) in [5.74, 6) is 1.34. The van der Waals surface area contributed by atoms with Crippen LogP contribution < -0.4 is 9.47 Å². The van der Waals surface area contributed by atoms with Crippen molar-refractivity contribution >= 4 is 0 Å². The van der Waals surface area contributed by atoms with Crippen molar-refractivity contribution in [2.45, 2.75) is 19.2 Å². The van der Waals surface area contributed by atoms with Crippen LogP contribution in [-0.2, 0) is 13.1 Å². The van der Waals surface area contributed by atoms with Crippen LogP contribution in [-0.4, -0.2) is 62.4 Å². The van der Waals surface area contributed by atoms with Crippen molar-refractivity contribution in [2.75, 3.05) is 41.4 Å². The lowest BCUT2D eigenvalue weighted by molar-refractivity contribution is 0.0732. The molecule has 1 N–H and O–H groups in total. The second-order valence-corrected chi connectivity index (χ2v) is 6.87. The Hall–Kier alpha value is -2.08. The number of hydrogen-bond acceptors (Lipinski definition) is 5. The molecule has 0 aromatic heterocycles. The van der Waals surface area contributed by atoms with Crippen molar-refractivity contribution < 1.29 is 14.6 Å². The van der Waals surface area contributed by atoms with Gasteiger partial charge in [-0.3, -0.25) is 4.90 Å². The highest BCUT2D eigenvalue weighted by atomic mass is 16.5. The van der Waals surface area contributed by atoms with Gasteiger partial charge in [0, 0.05) is 19.6 Å². The maximum atomic E-state index is 10.3. The highest BCUT2D eigenvalue weighted by Crippen LogP contribution is 2.28. The molecule has 0 radical (unpaired) electrons. The summed E-state index contributed by atoms with van der Waals surface area (Å²) in [7, 11) is 7.67. The van der Waals surface area contributed by atoms with Gasteiger partial charge in [-0.05, 0) is 44.4 Å². The zero-order valence-corrected chi connectivity index (χ0v) is 16.2. The van der Waals surface area contributed by atoms with Gasteiger partial charge in [0.25, 0.3) is 0 Å². The normalized spacial score (nSPS) is 12.4. The number of ether oxygens (including phenoxy) is 2. The molecule has 0 saturated carbocycles. The van der Waals surface area contributed by atoms with Crippen LogP contribution in [0.5, 0.6) is 11.5 Å². The van der Waals surface area contributed by atoms with Gasteiger partial charge in [-0.2, -0.15) is 0 Å². The average Bonchev–Trinajstić information content (AvgIpc) is 2.60. The number of rotatable bonds is 10. The van der Waals surface area contributed by atoms with Crippen LogP contribution in [0.2, 0.25) is 0 Å². The molecule has 0 saturated heterocycles. The summed E-state index contributed by atoms with van der Waals surface area (Å²) >= 11 is 0. The number of methoxy groups -OCH3 is 1. The summed E-state index contributed by atoms with van der Waals surface area (Å²) < 4.78 is 11.2. The van der Waals surface area contributed by atoms with Gasteiger partial charge in [0.05, 0.1) is 7.11 Å². The average molecular weight is 358 g/mol. The lowest BCUT2D eigenvalue weighted by Crippen LogP contribution is -2.32. The Morgan fingerprint density at radius 1 is 0.923 bits per heavy atom. The molecular weight excluding hydrogens is 328 g/mol. The molecule has 2 aromatic rings. The summed E-state index contributed by atoms with van der Waals surface area (Å²) in [5, 5.41) is 10.3. The van der Waals surface area contributed by atoms with E-state index in [1.807, 2.05) is 57.5 Å². The van der Waals surface area contributed by atoms with Crippen molar-refractivity contribution in [1.82, 2.24) is 9.80 Å². The van der Waals surface area contributed by atoms with E-state index in [0.717, 1.165) is 18.7 Å². The Morgan fingerprint density at radius 3 is 2.31 bits per heavy atom. The number of hydrogen-bond donors (Lipinski definition) is 1. The maximum absolute atomic E-state index is 10.3. The van der Waals surface area contributed by atoms with Crippen molar-refractivity contribution in [3.8, 4) is 11.5 Å². The topological polar surface area (TPSA) is 45.2 Å². The van der Waals surface area contributed by atoms with Crippen molar-refractivity contribution in [2.24, 2.45) is 0 Å². The Kier molecular flexibility index (Phi) is 7.91. The zero-order valence-electron chi connectivity index (χ0n) is 16.2. The van der Waals surface area contributed by atoms with Gasteiger partial charge < -0.3 is 19.5 Å². The van der Waals surface area contributed by atoms with Gasteiger partial charge in [-0.1, -0.05) is 36.4 Å². The van der Waals surface area contributed by atoms with Gasteiger partial charge in [0.1, 0.15) is 12.7 Å².